The van der Waals surface area contributed by atoms with Gasteiger partial charge in [-0.25, -0.2) is 0 Å². The highest BCUT2D eigenvalue weighted by Crippen LogP contribution is 2.28. The van der Waals surface area contributed by atoms with E-state index in [1.54, 1.807) is 23.5 Å². The normalized spacial score (nSPS) is 10.1. The molecule has 0 spiro atoms. The van der Waals surface area contributed by atoms with Crippen molar-refractivity contribution in [3.63, 3.8) is 0 Å². The summed E-state index contributed by atoms with van der Waals surface area (Å²) in [6.07, 6.45) is 1.68. The standard InChI is InChI=1S/C15H14ClNOS2/c1-3-7-18-13-9-11(4-5-12(13)16)17-15(19)14-10(2)6-8-20-14/h3-6,8-9H,1,7H2,2H3,(H,17,19). The van der Waals surface area contributed by atoms with Crippen molar-refractivity contribution in [3.8, 4) is 5.75 Å². The molecule has 0 atom stereocenters. The minimum Gasteiger partial charge on any atom is -0.488 e. The average Bonchev–Trinajstić information content (AvgIpc) is 2.85. The van der Waals surface area contributed by atoms with Gasteiger partial charge in [0.1, 0.15) is 17.3 Å². The minimum absolute atomic E-state index is 0.414. The van der Waals surface area contributed by atoms with Gasteiger partial charge < -0.3 is 10.1 Å². The van der Waals surface area contributed by atoms with Crippen LogP contribution in [0.2, 0.25) is 5.02 Å². The Morgan fingerprint density at radius 1 is 1.50 bits per heavy atom. The van der Waals surface area contributed by atoms with Crippen LogP contribution in [0.25, 0.3) is 0 Å². The molecule has 0 saturated carbocycles. The van der Waals surface area contributed by atoms with Crippen LogP contribution in [-0.4, -0.2) is 11.6 Å². The number of aryl methyl sites for hydroxylation is 1. The van der Waals surface area contributed by atoms with E-state index < -0.39 is 0 Å². The number of benzene rings is 1. The molecule has 1 aromatic heterocycles. The predicted molar refractivity (Wildman–Crippen MR) is 91.5 cm³/mol. The van der Waals surface area contributed by atoms with E-state index in [9.17, 15) is 0 Å². The van der Waals surface area contributed by atoms with Crippen molar-refractivity contribution in [2.24, 2.45) is 0 Å². The molecule has 2 nitrogen and oxygen atoms in total. The number of anilines is 1. The SMILES string of the molecule is C=CCOc1cc(NC(=S)c2sccc2C)ccc1Cl. The highest BCUT2D eigenvalue weighted by Gasteiger charge is 2.08. The van der Waals surface area contributed by atoms with Crippen LogP contribution in [0.15, 0.2) is 42.3 Å². The number of nitrogens with one attached hydrogen (secondary N) is 1. The maximum Gasteiger partial charge on any atom is 0.140 e. The number of halogens is 1. The molecule has 0 unspecified atom stereocenters. The zero-order valence-corrected chi connectivity index (χ0v) is 13.4. The van der Waals surface area contributed by atoms with Crippen LogP contribution in [0.4, 0.5) is 5.69 Å². The Morgan fingerprint density at radius 3 is 2.95 bits per heavy atom. The molecular formula is C15H14ClNOS2. The first-order chi connectivity index (χ1) is 9.61. The van der Waals surface area contributed by atoms with Crippen LogP contribution in [-0.2, 0) is 0 Å². The van der Waals surface area contributed by atoms with Gasteiger partial charge in [0.15, 0.2) is 0 Å². The molecule has 0 radical (unpaired) electrons. The quantitative estimate of drug-likeness (QED) is 0.613. The summed E-state index contributed by atoms with van der Waals surface area (Å²) in [7, 11) is 0. The first-order valence-corrected chi connectivity index (χ1v) is 7.67. The van der Waals surface area contributed by atoms with Crippen molar-refractivity contribution >= 4 is 45.8 Å². The molecule has 1 heterocycles. The van der Waals surface area contributed by atoms with Crippen molar-refractivity contribution in [2.75, 3.05) is 11.9 Å². The minimum atomic E-state index is 0.414. The molecule has 0 fully saturated rings. The van der Waals surface area contributed by atoms with E-state index >= 15 is 0 Å². The fourth-order valence-electron chi connectivity index (χ4n) is 1.63. The van der Waals surface area contributed by atoms with Gasteiger partial charge in [-0.1, -0.05) is 36.5 Å². The molecule has 2 aromatic rings. The van der Waals surface area contributed by atoms with E-state index in [1.165, 1.54) is 5.56 Å². The molecule has 0 saturated heterocycles. The van der Waals surface area contributed by atoms with Gasteiger partial charge in [-0.15, -0.1) is 11.3 Å². The summed E-state index contributed by atoms with van der Waals surface area (Å²) in [4.78, 5) is 1.78. The van der Waals surface area contributed by atoms with Crippen molar-refractivity contribution < 1.29 is 4.74 Å². The lowest BCUT2D eigenvalue weighted by Crippen LogP contribution is -2.10. The molecule has 0 bridgehead atoms. The summed E-state index contributed by atoms with van der Waals surface area (Å²) in [6, 6.07) is 7.54. The second-order valence-corrected chi connectivity index (χ2v) is 5.86. The van der Waals surface area contributed by atoms with Gasteiger partial charge in [0.2, 0.25) is 0 Å². The summed E-state index contributed by atoms with van der Waals surface area (Å²) < 4.78 is 5.49. The Morgan fingerprint density at radius 2 is 2.30 bits per heavy atom. The molecule has 1 aromatic carbocycles. The Labute approximate surface area is 133 Å². The van der Waals surface area contributed by atoms with Gasteiger partial charge in [-0.3, -0.25) is 0 Å². The molecule has 104 valence electrons. The van der Waals surface area contributed by atoms with E-state index in [0.29, 0.717) is 22.4 Å². The topological polar surface area (TPSA) is 21.3 Å². The Hall–Kier alpha value is -1.36. The van der Waals surface area contributed by atoms with Gasteiger partial charge in [0, 0.05) is 11.8 Å². The molecule has 20 heavy (non-hydrogen) atoms. The fraction of sp³-hybridized carbons (Fsp3) is 0.133. The maximum atomic E-state index is 6.08. The third-order valence-corrected chi connectivity index (χ3v) is 4.40. The van der Waals surface area contributed by atoms with Crippen LogP contribution in [0.3, 0.4) is 0 Å². The molecular weight excluding hydrogens is 310 g/mol. The van der Waals surface area contributed by atoms with Gasteiger partial charge in [-0.2, -0.15) is 0 Å². The number of thiocarbonyl (C=S) groups is 1. The first-order valence-electron chi connectivity index (χ1n) is 6.00. The van der Waals surface area contributed by atoms with Crippen LogP contribution >= 0.6 is 35.2 Å². The molecule has 1 N–H and O–H groups in total. The summed E-state index contributed by atoms with van der Waals surface area (Å²) >= 11 is 13.1. The highest BCUT2D eigenvalue weighted by molar-refractivity contribution is 7.81. The number of rotatable bonds is 5. The lowest BCUT2D eigenvalue weighted by atomic mass is 10.2. The van der Waals surface area contributed by atoms with E-state index in [0.717, 1.165) is 10.6 Å². The van der Waals surface area contributed by atoms with Crippen LogP contribution in [0.5, 0.6) is 5.75 Å². The lowest BCUT2D eigenvalue weighted by molar-refractivity contribution is 0.363. The first kappa shape index (κ1) is 15.0. The van der Waals surface area contributed by atoms with E-state index in [-0.39, 0.29) is 0 Å². The largest absolute Gasteiger partial charge is 0.488 e. The Bertz CT molecular complexity index is 637. The predicted octanol–water partition coefficient (Wildman–Crippen LogP) is 5.06. The summed E-state index contributed by atoms with van der Waals surface area (Å²) in [6.45, 7) is 6.07. The van der Waals surface area contributed by atoms with Crippen LogP contribution < -0.4 is 10.1 Å². The Kier molecular flexibility index (Phi) is 5.17. The molecule has 5 heteroatoms. The van der Waals surface area contributed by atoms with Crippen molar-refractivity contribution in [1.82, 2.24) is 0 Å². The molecule has 0 aliphatic carbocycles. The summed E-state index contributed by atoms with van der Waals surface area (Å²) in [5.41, 5.74) is 2.02. The van der Waals surface area contributed by atoms with E-state index in [1.807, 2.05) is 24.4 Å². The van der Waals surface area contributed by atoms with Crippen LogP contribution in [0.1, 0.15) is 10.4 Å². The number of hydrogen-bond acceptors (Lipinski definition) is 3. The van der Waals surface area contributed by atoms with E-state index in [2.05, 4.69) is 18.0 Å². The Balaban J connectivity index is 2.15. The monoisotopic (exact) mass is 323 g/mol. The van der Waals surface area contributed by atoms with E-state index in [4.69, 9.17) is 28.6 Å². The molecule has 0 aliphatic heterocycles. The zero-order valence-electron chi connectivity index (χ0n) is 11.0. The number of ether oxygens (including phenoxy) is 1. The summed E-state index contributed by atoms with van der Waals surface area (Å²) in [5.74, 6) is 0.613. The maximum absolute atomic E-state index is 6.08. The smallest absolute Gasteiger partial charge is 0.140 e. The molecule has 0 amide bonds. The fourth-order valence-corrected chi connectivity index (χ4v) is 3.05. The number of thiophene rings is 1. The molecule has 0 aliphatic rings. The average molecular weight is 324 g/mol. The van der Waals surface area contributed by atoms with Gasteiger partial charge >= 0.3 is 0 Å². The van der Waals surface area contributed by atoms with Crippen molar-refractivity contribution in [1.29, 1.82) is 0 Å². The zero-order chi connectivity index (χ0) is 14.5. The lowest BCUT2D eigenvalue weighted by Gasteiger charge is -2.11. The third kappa shape index (κ3) is 3.60. The van der Waals surface area contributed by atoms with Gasteiger partial charge in [0.25, 0.3) is 0 Å². The van der Waals surface area contributed by atoms with Crippen molar-refractivity contribution in [2.45, 2.75) is 6.92 Å². The van der Waals surface area contributed by atoms with Gasteiger partial charge in [0.05, 0.1) is 9.90 Å². The second kappa shape index (κ2) is 6.88. The summed E-state index contributed by atoms with van der Waals surface area (Å²) in [5, 5.41) is 5.80. The van der Waals surface area contributed by atoms with Crippen molar-refractivity contribution in [3.05, 3.63) is 57.8 Å². The number of hydrogen-bond donors (Lipinski definition) is 1. The second-order valence-electron chi connectivity index (χ2n) is 4.13. The molecule has 2 rings (SSSR count). The highest BCUT2D eigenvalue weighted by atomic mass is 35.5. The van der Waals surface area contributed by atoms with Gasteiger partial charge in [-0.05, 0) is 36.1 Å². The van der Waals surface area contributed by atoms with Crippen LogP contribution in [0, 0.1) is 6.92 Å². The third-order valence-electron chi connectivity index (χ3n) is 2.61.